The summed E-state index contributed by atoms with van der Waals surface area (Å²) in [4.78, 5) is 0. The third-order valence-corrected chi connectivity index (χ3v) is 5.16. The van der Waals surface area contributed by atoms with E-state index in [0.29, 0.717) is 13.1 Å². The number of nitrogens with zero attached hydrogens (tertiary/aromatic N) is 2. The van der Waals surface area contributed by atoms with Gasteiger partial charge in [-0.1, -0.05) is 13.8 Å². The van der Waals surface area contributed by atoms with Crippen LogP contribution in [0.25, 0.3) is 0 Å². The van der Waals surface area contributed by atoms with Gasteiger partial charge in [-0.2, -0.15) is 9.57 Å². The monoisotopic (exact) mass is 273 g/mol. The first-order valence-corrected chi connectivity index (χ1v) is 8.00. The van der Waals surface area contributed by atoms with E-state index in [-0.39, 0.29) is 12.0 Å². The van der Waals surface area contributed by atoms with Crippen molar-refractivity contribution in [3.8, 4) is 6.07 Å². The lowest BCUT2D eigenvalue weighted by Gasteiger charge is -2.27. The molecule has 0 aromatic heterocycles. The summed E-state index contributed by atoms with van der Waals surface area (Å²) in [6, 6.07) is 2.06. The zero-order valence-electron chi connectivity index (χ0n) is 11.4. The molecule has 0 saturated carbocycles. The molecule has 2 atom stereocenters. The standard InChI is InChI=1S/C12H23N3O2S/c1-10(2)8-15(9-12-5-4-6-14-12)18(16,17)11(3)7-13/h10-12,14H,4-6,8-9H2,1-3H3. The topological polar surface area (TPSA) is 73.2 Å². The van der Waals surface area contributed by atoms with Crippen LogP contribution in [-0.2, 0) is 10.0 Å². The van der Waals surface area contributed by atoms with Gasteiger partial charge in [0.05, 0.1) is 6.07 Å². The summed E-state index contributed by atoms with van der Waals surface area (Å²) in [6.07, 6.45) is 2.10. The van der Waals surface area contributed by atoms with Crippen LogP contribution in [-0.4, -0.2) is 43.6 Å². The smallest absolute Gasteiger partial charge is 0.230 e. The maximum Gasteiger partial charge on any atom is 0.230 e. The predicted octanol–water partition coefficient (Wildman–Crippen LogP) is 0.938. The van der Waals surface area contributed by atoms with Crippen molar-refractivity contribution in [3.63, 3.8) is 0 Å². The summed E-state index contributed by atoms with van der Waals surface area (Å²) in [7, 11) is -3.50. The van der Waals surface area contributed by atoms with E-state index in [0.717, 1.165) is 19.4 Å². The molecular formula is C12H23N3O2S. The lowest BCUT2D eigenvalue weighted by atomic mass is 10.2. The summed E-state index contributed by atoms with van der Waals surface area (Å²) in [5, 5.41) is 11.2. The molecule has 0 aliphatic carbocycles. The van der Waals surface area contributed by atoms with Gasteiger partial charge in [0.2, 0.25) is 10.0 Å². The van der Waals surface area contributed by atoms with E-state index < -0.39 is 15.3 Å². The van der Waals surface area contributed by atoms with Gasteiger partial charge in [-0.15, -0.1) is 0 Å². The molecule has 1 fully saturated rings. The van der Waals surface area contributed by atoms with Crippen molar-refractivity contribution >= 4 is 10.0 Å². The zero-order valence-corrected chi connectivity index (χ0v) is 12.2. The largest absolute Gasteiger partial charge is 0.313 e. The summed E-state index contributed by atoms with van der Waals surface area (Å²) < 4.78 is 26.0. The first-order valence-electron chi connectivity index (χ1n) is 6.50. The van der Waals surface area contributed by atoms with Crippen molar-refractivity contribution < 1.29 is 8.42 Å². The van der Waals surface area contributed by atoms with Gasteiger partial charge in [0, 0.05) is 19.1 Å². The Morgan fingerprint density at radius 2 is 2.11 bits per heavy atom. The van der Waals surface area contributed by atoms with Crippen LogP contribution >= 0.6 is 0 Å². The molecule has 0 spiro atoms. The van der Waals surface area contributed by atoms with Crippen LogP contribution in [0.4, 0.5) is 0 Å². The van der Waals surface area contributed by atoms with Crippen molar-refractivity contribution in [2.75, 3.05) is 19.6 Å². The average molecular weight is 273 g/mol. The Kier molecular flexibility index (Phi) is 5.57. The van der Waals surface area contributed by atoms with Gasteiger partial charge in [-0.25, -0.2) is 8.42 Å². The fourth-order valence-electron chi connectivity index (χ4n) is 2.14. The highest BCUT2D eigenvalue weighted by Crippen LogP contribution is 2.15. The second-order valence-electron chi connectivity index (χ2n) is 5.32. The second kappa shape index (κ2) is 6.50. The molecule has 0 bridgehead atoms. The molecule has 0 amide bonds. The van der Waals surface area contributed by atoms with Gasteiger partial charge in [0.25, 0.3) is 0 Å². The summed E-state index contributed by atoms with van der Waals surface area (Å²) in [6.45, 7) is 7.33. The van der Waals surface area contributed by atoms with E-state index in [9.17, 15) is 8.42 Å². The number of sulfonamides is 1. The van der Waals surface area contributed by atoms with Crippen LogP contribution in [0.2, 0.25) is 0 Å². The van der Waals surface area contributed by atoms with Crippen LogP contribution in [0.15, 0.2) is 0 Å². The molecule has 1 rings (SSSR count). The van der Waals surface area contributed by atoms with Gasteiger partial charge >= 0.3 is 0 Å². The number of hydrogen-bond acceptors (Lipinski definition) is 4. The van der Waals surface area contributed by atoms with Gasteiger partial charge in [0.1, 0.15) is 0 Å². The van der Waals surface area contributed by atoms with Gasteiger partial charge in [-0.05, 0) is 32.2 Å². The van der Waals surface area contributed by atoms with Crippen molar-refractivity contribution in [1.29, 1.82) is 5.26 Å². The Labute approximate surface area is 110 Å². The fraction of sp³-hybridized carbons (Fsp3) is 0.917. The molecular weight excluding hydrogens is 250 g/mol. The van der Waals surface area contributed by atoms with Gasteiger partial charge in [0.15, 0.2) is 5.25 Å². The molecule has 1 aliphatic rings. The Hall–Kier alpha value is -0.640. The maximum atomic E-state index is 12.3. The first kappa shape index (κ1) is 15.4. The van der Waals surface area contributed by atoms with Crippen molar-refractivity contribution in [2.45, 2.75) is 44.9 Å². The van der Waals surface area contributed by atoms with E-state index in [1.165, 1.54) is 11.2 Å². The minimum Gasteiger partial charge on any atom is -0.313 e. The van der Waals surface area contributed by atoms with E-state index in [1.807, 2.05) is 19.9 Å². The lowest BCUT2D eigenvalue weighted by Crippen LogP contribution is -2.45. The summed E-state index contributed by atoms with van der Waals surface area (Å²) in [5.74, 6) is 0.257. The average Bonchev–Trinajstić information content (AvgIpc) is 2.79. The SMILES string of the molecule is CC(C)CN(CC1CCCN1)S(=O)(=O)C(C)C#N. The molecule has 104 valence electrons. The molecule has 2 unspecified atom stereocenters. The normalized spacial score (nSPS) is 22.3. The molecule has 6 heteroatoms. The highest BCUT2D eigenvalue weighted by Gasteiger charge is 2.31. The molecule has 5 nitrogen and oxygen atoms in total. The van der Waals surface area contributed by atoms with Crippen LogP contribution in [0.5, 0.6) is 0 Å². The number of nitrogens with one attached hydrogen (secondary N) is 1. The Balaban J connectivity index is 2.80. The summed E-state index contributed by atoms with van der Waals surface area (Å²) in [5.41, 5.74) is 0. The zero-order chi connectivity index (χ0) is 13.8. The minimum absolute atomic E-state index is 0.226. The Morgan fingerprint density at radius 3 is 2.56 bits per heavy atom. The molecule has 0 aromatic carbocycles. The maximum absolute atomic E-state index is 12.3. The molecule has 1 saturated heterocycles. The molecule has 1 heterocycles. The van der Waals surface area contributed by atoms with Gasteiger partial charge < -0.3 is 5.32 Å². The fourth-order valence-corrected chi connectivity index (χ4v) is 3.61. The van der Waals surface area contributed by atoms with Crippen LogP contribution < -0.4 is 5.32 Å². The van der Waals surface area contributed by atoms with E-state index in [2.05, 4.69) is 5.32 Å². The molecule has 0 aromatic rings. The molecule has 1 aliphatic heterocycles. The van der Waals surface area contributed by atoms with Crippen LogP contribution in [0, 0.1) is 17.2 Å². The van der Waals surface area contributed by atoms with Crippen molar-refractivity contribution in [2.24, 2.45) is 5.92 Å². The summed E-state index contributed by atoms with van der Waals surface area (Å²) >= 11 is 0. The quantitative estimate of drug-likeness (QED) is 0.781. The third kappa shape index (κ3) is 3.94. The highest BCUT2D eigenvalue weighted by molar-refractivity contribution is 7.89. The van der Waals surface area contributed by atoms with Crippen LogP contribution in [0.1, 0.15) is 33.6 Å². The second-order valence-corrected chi connectivity index (χ2v) is 7.57. The third-order valence-electron chi connectivity index (χ3n) is 3.14. The van der Waals surface area contributed by atoms with Crippen molar-refractivity contribution in [1.82, 2.24) is 9.62 Å². The van der Waals surface area contributed by atoms with Crippen molar-refractivity contribution in [3.05, 3.63) is 0 Å². The Morgan fingerprint density at radius 1 is 1.44 bits per heavy atom. The molecule has 1 N–H and O–H groups in total. The number of hydrogen-bond donors (Lipinski definition) is 1. The van der Waals surface area contributed by atoms with E-state index in [4.69, 9.17) is 5.26 Å². The first-order chi connectivity index (χ1) is 8.37. The van der Waals surface area contributed by atoms with Crippen LogP contribution in [0.3, 0.4) is 0 Å². The minimum atomic E-state index is -3.50. The predicted molar refractivity (Wildman–Crippen MR) is 71.4 cm³/mol. The molecule has 0 radical (unpaired) electrons. The number of nitriles is 1. The van der Waals surface area contributed by atoms with E-state index >= 15 is 0 Å². The lowest BCUT2D eigenvalue weighted by molar-refractivity contribution is 0.335. The Bertz CT molecular complexity index is 394. The molecule has 18 heavy (non-hydrogen) atoms. The van der Waals surface area contributed by atoms with E-state index in [1.54, 1.807) is 0 Å². The van der Waals surface area contributed by atoms with Gasteiger partial charge in [-0.3, -0.25) is 0 Å². The highest BCUT2D eigenvalue weighted by atomic mass is 32.2. The number of rotatable bonds is 6.